The summed E-state index contributed by atoms with van der Waals surface area (Å²) in [6.45, 7) is 5.93. The zero-order valence-corrected chi connectivity index (χ0v) is 13.5. The molecule has 2 fully saturated rings. The van der Waals surface area contributed by atoms with E-state index in [1.165, 1.54) is 12.8 Å². The number of nitrogens with one attached hydrogen (secondary N) is 1. The van der Waals surface area contributed by atoms with Gasteiger partial charge in [0.05, 0.1) is 12.7 Å². The highest BCUT2D eigenvalue weighted by Gasteiger charge is 2.27. The Bertz CT molecular complexity index is 320. The fourth-order valence-corrected chi connectivity index (χ4v) is 3.12. The summed E-state index contributed by atoms with van der Waals surface area (Å²) in [5.74, 6) is 2.45. The quantitative estimate of drug-likeness (QED) is 0.723. The summed E-state index contributed by atoms with van der Waals surface area (Å²) in [5, 5.41) is 12.7. The fourth-order valence-electron chi connectivity index (χ4n) is 3.12. The Balaban J connectivity index is 1.56. The topological polar surface area (TPSA) is 58.6 Å². The molecule has 0 radical (unpaired) electrons. The third-order valence-electron chi connectivity index (χ3n) is 4.96. The number of aliphatic hydroxyl groups is 1. The van der Waals surface area contributed by atoms with E-state index in [1.807, 2.05) is 0 Å². The summed E-state index contributed by atoms with van der Waals surface area (Å²) in [6, 6.07) is 0. The highest BCUT2D eigenvalue weighted by atomic mass is 16.5. The van der Waals surface area contributed by atoms with Gasteiger partial charge in [0.1, 0.15) is 0 Å². The van der Waals surface area contributed by atoms with Gasteiger partial charge in [0, 0.05) is 19.1 Å². The number of hydrogen-bond acceptors (Lipinski definition) is 3. The van der Waals surface area contributed by atoms with Crippen LogP contribution in [0.15, 0.2) is 0 Å². The Morgan fingerprint density at radius 2 is 1.86 bits per heavy atom. The van der Waals surface area contributed by atoms with Crippen LogP contribution in [-0.2, 0) is 9.53 Å². The molecule has 0 heterocycles. The van der Waals surface area contributed by atoms with Crippen LogP contribution in [0.3, 0.4) is 0 Å². The van der Waals surface area contributed by atoms with Crippen molar-refractivity contribution < 1.29 is 14.6 Å². The molecule has 2 aliphatic carbocycles. The van der Waals surface area contributed by atoms with Gasteiger partial charge in [0.25, 0.3) is 0 Å². The second-order valence-corrected chi connectivity index (χ2v) is 7.24. The minimum atomic E-state index is -0.584. The molecule has 4 nitrogen and oxygen atoms in total. The number of amides is 1. The summed E-state index contributed by atoms with van der Waals surface area (Å²) in [5.41, 5.74) is 0. The lowest BCUT2D eigenvalue weighted by atomic mass is 9.77. The van der Waals surface area contributed by atoms with Gasteiger partial charge in [0.15, 0.2) is 0 Å². The third kappa shape index (κ3) is 5.95. The summed E-state index contributed by atoms with van der Waals surface area (Å²) in [6.07, 6.45) is 6.22. The van der Waals surface area contributed by atoms with Crippen molar-refractivity contribution in [1.82, 2.24) is 5.32 Å². The first kappa shape index (κ1) is 16.8. The van der Waals surface area contributed by atoms with Crippen LogP contribution < -0.4 is 5.32 Å². The van der Waals surface area contributed by atoms with E-state index in [-0.39, 0.29) is 11.8 Å². The van der Waals surface area contributed by atoms with Crippen molar-refractivity contribution >= 4 is 5.91 Å². The Hall–Kier alpha value is -0.610. The smallest absolute Gasteiger partial charge is 0.223 e. The average molecular weight is 297 g/mol. The molecule has 2 rings (SSSR count). The van der Waals surface area contributed by atoms with Crippen molar-refractivity contribution in [3.8, 4) is 0 Å². The van der Waals surface area contributed by atoms with Crippen molar-refractivity contribution in [3.05, 3.63) is 0 Å². The van der Waals surface area contributed by atoms with E-state index >= 15 is 0 Å². The standard InChI is InChI=1S/C17H31NO3/c1-12(2)14-5-7-15(8-6-14)17(20)18-9-16(19)11-21-10-13-3-4-13/h12-16,19H,3-11H2,1-2H3,(H,18,20). The molecule has 0 aliphatic heterocycles. The molecule has 0 aromatic carbocycles. The third-order valence-corrected chi connectivity index (χ3v) is 4.96. The van der Waals surface area contributed by atoms with Crippen molar-refractivity contribution in [2.45, 2.75) is 58.5 Å². The molecule has 0 bridgehead atoms. The molecule has 21 heavy (non-hydrogen) atoms. The van der Waals surface area contributed by atoms with Gasteiger partial charge in [-0.05, 0) is 56.3 Å². The van der Waals surface area contributed by atoms with Crippen molar-refractivity contribution in [2.24, 2.45) is 23.7 Å². The molecular weight excluding hydrogens is 266 g/mol. The van der Waals surface area contributed by atoms with Crippen LogP contribution in [0.2, 0.25) is 0 Å². The fraction of sp³-hybridized carbons (Fsp3) is 0.941. The first-order chi connectivity index (χ1) is 10.1. The second kappa shape index (κ2) is 8.14. The van der Waals surface area contributed by atoms with E-state index in [4.69, 9.17) is 4.74 Å². The minimum Gasteiger partial charge on any atom is -0.389 e. The zero-order valence-electron chi connectivity index (χ0n) is 13.5. The maximum Gasteiger partial charge on any atom is 0.223 e. The van der Waals surface area contributed by atoms with Gasteiger partial charge in [-0.15, -0.1) is 0 Å². The number of aliphatic hydroxyl groups excluding tert-OH is 1. The lowest BCUT2D eigenvalue weighted by Crippen LogP contribution is -2.39. The maximum absolute atomic E-state index is 12.1. The largest absolute Gasteiger partial charge is 0.389 e. The molecule has 122 valence electrons. The van der Waals surface area contributed by atoms with Gasteiger partial charge in [-0.2, -0.15) is 0 Å². The summed E-state index contributed by atoms with van der Waals surface area (Å²) >= 11 is 0. The molecule has 0 saturated heterocycles. The predicted octanol–water partition coefficient (Wildman–Crippen LogP) is 2.35. The van der Waals surface area contributed by atoms with Gasteiger partial charge < -0.3 is 15.2 Å². The van der Waals surface area contributed by atoms with E-state index in [1.54, 1.807) is 0 Å². The minimum absolute atomic E-state index is 0.110. The summed E-state index contributed by atoms with van der Waals surface area (Å²) < 4.78 is 5.44. The van der Waals surface area contributed by atoms with Crippen LogP contribution in [0.4, 0.5) is 0 Å². The SMILES string of the molecule is CC(C)C1CCC(C(=O)NCC(O)COCC2CC2)CC1. The Labute approximate surface area is 128 Å². The van der Waals surface area contributed by atoms with Crippen LogP contribution in [-0.4, -0.2) is 36.9 Å². The molecule has 1 atom stereocenters. The number of rotatable bonds is 8. The van der Waals surface area contributed by atoms with E-state index in [0.717, 1.165) is 44.1 Å². The maximum atomic E-state index is 12.1. The van der Waals surface area contributed by atoms with E-state index in [0.29, 0.717) is 19.1 Å². The molecule has 2 saturated carbocycles. The predicted molar refractivity (Wildman–Crippen MR) is 82.8 cm³/mol. The highest BCUT2D eigenvalue weighted by molar-refractivity contribution is 5.78. The molecule has 1 unspecified atom stereocenters. The van der Waals surface area contributed by atoms with E-state index in [9.17, 15) is 9.90 Å². The lowest BCUT2D eigenvalue weighted by Gasteiger charge is -2.30. The van der Waals surface area contributed by atoms with Gasteiger partial charge in [0.2, 0.25) is 5.91 Å². The van der Waals surface area contributed by atoms with Gasteiger partial charge >= 0.3 is 0 Å². The number of carbonyl (C=O) groups is 1. The molecule has 0 spiro atoms. The molecule has 2 N–H and O–H groups in total. The average Bonchev–Trinajstić information content (AvgIpc) is 3.29. The molecule has 0 aromatic rings. The molecule has 0 aromatic heterocycles. The van der Waals surface area contributed by atoms with Crippen molar-refractivity contribution in [1.29, 1.82) is 0 Å². The van der Waals surface area contributed by atoms with Crippen LogP contribution in [0, 0.1) is 23.7 Å². The Morgan fingerprint density at radius 3 is 2.43 bits per heavy atom. The zero-order chi connectivity index (χ0) is 15.2. The monoisotopic (exact) mass is 297 g/mol. The van der Waals surface area contributed by atoms with Gasteiger partial charge in [-0.25, -0.2) is 0 Å². The van der Waals surface area contributed by atoms with Gasteiger partial charge in [-0.3, -0.25) is 4.79 Å². The molecule has 1 amide bonds. The Kier molecular flexibility index (Phi) is 6.49. The second-order valence-electron chi connectivity index (χ2n) is 7.24. The number of ether oxygens (including phenoxy) is 1. The van der Waals surface area contributed by atoms with Crippen LogP contribution >= 0.6 is 0 Å². The van der Waals surface area contributed by atoms with Crippen molar-refractivity contribution in [3.63, 3.8) is 0 Å². The summed E-state index contributed by atoms with van der Waals surface area (Å²) in [4.78, 5) is 12.1. The van der Waals surface area contributed by atoms with Crippen LogP contribution in [0.1, 0.15) is 52.4 Å². The first-order valence-corrected chi connectivity index (χ1v) is 8.59. The highest BCUT2D eigenvalue weighted by Crippen LogP contribution is 2.33. The number of hydrogen-bond donors (Lipinski definition) is 2. The molecule has 2 aliphatic rings. The van der Waals surface area contributed by atoms with Crippen LogP contribution in [0.25, 0.3) is 0 Å². The normalized spacial score (nSPS) is 27.6. The lowest BCUT2D eigenvalue weighted by molar-refractivity contribution is -0.127. The van der Waals surface area contributed by atoms with Crippen LogP contribution in [0.5, 0.6) is 0 Å². The molecule has 4 heteroatoms. The Morgan fingerprint density at radius 1 is 1.19 bits per heavy atom. The van der Waals surface area contributed by atoms with E-state index in [2.05, 4.69) is 19.2 Å². The van der Waals surface area contributed by atoms with Gasteiger partial charge in [-0.1, -0.05) is 13.8 Å². The van der Waals surface area contributed by atoms with E-state index < -0.39 is 6.10 Å². The summed E-state index contributed by atoms with van der Waals surface area (Å²) in [7, 11) is 0. The molecular formula is C17H31NO3. The first-order valence-electron chi connectivity index (χ1n) is 8.59. The van der Waals surface area contributed by atoms with Crippen molar-refractivity contribution in [2.75, 3.05) is 19.8 Å². The number of carbonyl (C=O) groups excluding carboxylic acids is 1.